The first kappa shape index (κ1) is 14.6. The minimum Gasteiger partial charge on any atom is -0.377 e. The molecule has 1 N–H and O–H groups in total. The topological polar surface area (TPSA) is 35.8 Å². The van der Waals surface area contributed by atoms with Crippen LogP contribution in [0.2, 0.25) is 0 Å². The summed E-state index contributed by atoms with van der Waals surface area (Å²) in [5.74, 6) is 0.458. The smallest absolute Gasteiger partial charge is 0.0992 e. The van der Waals surface area contributed by atoms with Crippen LogP contribution in [0.25, 0.3) is 0 Å². The number of halogens is 1. The van der Waals surface area contributed by atoms with Gasteiger partial charge < -0.3 is 5.32 Å². The molecule has 2 aromatic carbocycles. The highest BCUT2D eigenvalue weighted by atomic mass is 79.9. The van der Waals surface area contributed by atoms with Crippen LogP contribution < -0.4 is 5.32 Å². The van der Waals surface area contributed by atoms with Gasteiger partial charge in [-0.3, -0.25) is 0 Å². The zero-order chi connectivity index (χ0) is 14.5. The van der Waals surface area contributed by atoms with Crippen LogP contribution in [0.1, 0.15) is 31.0 Å². The van der Waals surface area contributed by atoms with Gasteiger partial charge in [0.2, 0.25) is 0 Å². The predicted molar refractivity (Wildman–Crippen MR) is 86.5 cm³/mol. The Labute approximate surface area is 128 Å². The Morgan fingerprint density at radius 3 is 2.35 bits per heavy atom. The molecule has 0 saturated carbocycles. The van der Waals surface area contributed by atoms with E-state index in [9.17, 15) is 0 Å². The summed E-state index contributed by atoms with van der Waals surface area (Å²) < 4.78 is 0.915. The molecule has 20 heavy (non-hydrogen) atoms. The molecule has 0 saturated heterocycles. The fourth-order valence-corrected chi connectivity index (χ4v) is 2.66. The first-order chi connectivity index (χ1) is 9.61. The molecule has 102 valence electrons. The minimum absolute atomic E-state index is 0.237. The molecule has 0 spiro atoms. The first-order valence-corrected chi connectivity index (χ1v) is 7.42. The Kier molecular flexibility index (Phi) is 4.81. The number of hydrogen-bond acceptors (Lipinski definition) is 2. The third kappa shape index (κ3) is 3.40. The molecule has 0 fully saturated rings. The largest absolute Gasteiger partial charge is 0.377 e. The van der Waals surface area contributed by atoms with Gasteiger partial charge in [0.15, 0.2) is 0 Å². The molecule has 0 aliphatic rings. The average Bonchev–Trinajstić information content (AvgIpc) is 2.46. The van der Waals surface area contributed by atoms with E-state index in [1.807, 2.05) is 24.3 Å². The lowest BCUT2D eigenvalue weighted by Gasteiger charge is -2.24. The van der Waals surface area contributed by atoms with Crippen LogP contribution in [0.5, 0.6) is 0 Å². The number of nitrogens with zero attached hydrogens (tertiary/aromatic N) is 1. The van der Waals surface area contributed by atoms with Crippen molar-refractivity contribution >= 4 is 21.6 Å². The van der Waals surface area contributed by atoms with Crippen LogP contribution in [0, 0.1) is 17.2 Å². The van der Waals surface area contributed by atoms with Gasteiger partial charge in [0.25, 0.3) is 0 Å². The Morgan fingerprint density at radius 2 is 1.80 bits per heavy atom. The zero-order valence-electron chi connectivity index (χ0n) is 11.6. The molecule has 0 radical (unpaired) electrons. The van der Waals surface area contributed by atoms with Crippen LogP contribution in [0.15, 0.2) is 53.0 Å². The van der Waals surface area contributed by atoms with Gasteiger partial charge >= 0.3 is 0 Å². The summed E-state index contributed by atoms with van der Waals surface area (Å²) in [6.07, 6.45) is 0. The predicted octanol–water partition coefficient (Wildman–Crippen LogP) is 5.13. The maximum absolute atomic E-state index is 8.91. The molecule has 2 rings (SSSR count). The van der Waals surface area contributed by atoms with Gasteiger partial charge in [-0.2, -0.15) is 5.26 Å². The molecule has 0 heterocycles. The van der Waals surface area contributed by atoms with Crippen molar-refractivity contribution < 1.29 is 0 Å². The van der Waals surface area contributed by atoms with Crippen molar-refractivity contribution in [3.8, 4) is 6.07 Å². The Balaban J connectivity index is 2.28. The van der Waals surface area contributed by atoms with Crippen molar-refractivity contribution in [3.63, 3.8) is 0 Å². The van der Waals surface area contributed by atoms with E-state index in [0.29, 0.717) is 11.5 Å². The first-order valence-electron chi connectivity index (χ1n) is 6.63. The number of benzene rings is 2. The summed E-state index contributed by atoms with van der Waals surface area (Å²) in [5.41, 5.74) is 2.92. The quantitative estimate of drug-likeness (QED) is 0.844. The zero-order valence-corrected chi connectivity index (χ0v) is 13.2. The van der Waals surface area contributed by atoms with Crippen molar-refractivity contribution in [1.82, 2.24) is 0 Å². The highest BCUT2D eigenvalue weighted by Crippen LogP contribution is 2.31. The van der Waals surface area contributed by atoms with E-state index >= 15 is 0 Å². The highest BCUT2D eigenvalue weighted by Gasteiger charge is 2.16. The Morgan fingerprint density at radius 1 is 1.10 bits per heavy atom. The number of nitriles is 1. The van der Waals surface area contributed by atoms with Crippen molar-refractivity contribution in [2.24, 2.45) is 5.92 Å². The van der Waals surface area contributed by atoms with Gasteiger partial charge in [-0.25, -0.2) is 0 Å². The normalized spacial score (nSPS) is 11.9. The lowest BCUT2D eigenvalue weighted by Crippen LogP contribution is -2.17. The van der Waals surface area contributed by atoms with Crippen molar-refractivity contribution in [1.29, 1.82) is 5.26 Å². The van der Waals surface area contributed by atoms with Crippen LogP contribution in [-0.2, 0) is 0 Å². The van der Waals surface area contributed by atoms with Crippen molar-refractivity contribution in [3.05, 3.63) is 64.1 Å². The lowest BCUT2D eigenvalue weighted by molar-refractivity contribution is 0.546. The maximum atomic E-state index is 8.91. The SMILES string of the molecule is CC(C)C(Nc1ccc(C#N)cc1Br)c1ccccc1. The Hall–Kier alpha value is -1.79. The maximum Gasteiger partial charge on any atom is 0.0992 e. The van der Waals surface area contributed by atoms with Crippen molar-refractivity contribution in [2.45, 2.75) is 19.9 Å². The number of rotatable bonds is 4. The third-order valence-corrected chi connectivity index (χ3v) is 3.89. The van der Waals surface area contributed by atoms with Crippen LogP contribution in [0.3, 0.4) is 0 Å². The minimum atomic E-state index is 0.237. The van der Waals surface area contributed by atoms with Crippen molar-refractivity contribution in [2.75, 3.05) is 5.32 Å². The summed E-state index contributed by atoms with van der Waals surface area (Å²) >= 11 is 3.52. The molecule has 0 aliphatic heterocycles. The molecular formula is C17H17BrN2. The van der Waals surface area contributed by atoms with E-state index in [-0.39, 0.29) is 6.04 Å². The second kappa shape index (κ2) is 6.58. The van der Waals surface area contributed by atoms with E-state index in [1.54, 1.807) is 0 Å². The summed E-state index contributed by atoms with van der Waals surface area (Å²) in [6.45, 7) is 4.39. The molecule has 1 unspecified atom stereocenters. The van der Waals surface area contributed by atoms with Gasteiger partial charge in [-0.1, -0.05) is 44.2 Å². The van der Waals surface area contributed by atoms with Gasteiger partial charge in [0, 0.05) is 10.2 Å². The fourth-order valence-electron chi connectivity index (χ4n) is 2.16. The van der Waals surface area contributed by atoms with Gasteiger partial charge in [0.1, 0.15) is 0 Å². The standard InChI is InChI=1S/C17H17BrN2/c1-12(2)17(14-6-4-3-5-7-14)20-16-9-8-13(11-19)10-15(16)18/h3-10,12,17,20H,1-2H3. The van der Waals surface area contributed by atoms with E-state index in [2.05, 4.69) is 65.4 Å². The summed E-state index contributed by atoms with van der Waals surface area (Å²) in [7, 11) is 0. The molecule has 0 aromatic heterocycles. The molecule has 2 aromatic rings. The number of nitrogens with one attached hydrogen (secondary N) is 1. The molecule has 0 aliphatic carbocycles. The van der Waals surface area contributed by atoms with Crippen LogP contribution in [-0.4, -0.2) is 0 Å². The molecule has 2 nitrogen and oxygen atoms in total. The summed E-state index contributed by atoms with van der Waals surface area (Å²) in [6, 6.07) is 18.4. The molecule has 0 amide bonds. The summed E-state index contributed by atoms with van der Waals surface area (Å²) in [4.78, 5) is 0. The number of anilines is 1. The lowest BCUT2D eigenvalue weighted by atomic mass is 9.96. The second-order valence-corrected chi connectivity index (χ2v) is 5.94. The fraction of sp³-hybridized carbons (Fsp3) is 0.235. The van der Waals surface area contributed by atoms with E-state index in [1.165, 1.54) is 5.56 Å². The monoisotopic (exact) mass is 328 g/mol. The van der Waals surface area contributed by atoms with Gasteiger partial charge in [-0.05, 0) is 45.6 Å². The van der Waals surface area contributed by atoms with Gasteiger partial charge in [0.05, 0.1) is 17.7 Å². The summed E-state index contributed by atoms with van der Waals surface area (Å²) in [5, 5.41) is 12.5. The van der Waals surface area contributed by atoms with E-state index in [4.69, 9.17) is 5.26 Å². The van der Waals surface area contributed by atoms with E-state index in [0.717, 1.165) is 10.2 Å². The second-order valence-electron chi connectivity index (χ2n) is 5.08. The van der Waals surface area contributed by atoms with E-state index < -0.39 is 0 Å². The Bertz CT molecular complexity index is 615. The van der Waals surface area contributed by atoms with Crippen LogP contribution in [0.4, 0.5) is 5.69 Å². The van der Waals surface area contributed by atoms with Crippen LogP contribution >= 0.6 is 15.9 Å². The molecule has 3 heteroatoms. The number of hydrogen-bond donors (Lipinski definition) is 1. The third-order valence-electron chi connectivity index (χ3n) is 3.23. The molecule has 1 atom stereocenters. The average molecular weight is 329 g/mol. The molecular weight excluding hydrogens is 312 g/mol. The highest BCUT2D eigenvalue weighted by molar-refractivity contribution is 9.10. The molecule has 0 bridgehead atoms. The van der Waals surface area contributed by atoms with Gasteiger partial charge in [-0.15, -0.1) is 0 Å².